The summed E-state index contributed by atoms with van der Waals surface area (Å²) in [5.41, 5.74) is 1.55. The maximum absolute atomic E-state index is 11.8. The zero-order valence-electron chi connectivity index (χ0n) is 12.0. The molecule has 3 nitrogen and oxygen atoms in total. The summed E-state index contributed by atoms with van der Waals surface area (Å²) in [6, 6.07) is 5.68. The Hall–Kier alpha value is -1.51. The summed E-state index contributed by atoms with van der Waals surface area (Å²) in [6.45, 7) is 10.2. The lowest BCUT2D eigenvalue weighted by atomic mass is 9.86. The van der Waals surface area contributed by atoms with Gasteiger partial charge in [0.2, 0.25) is 0 Å². The summed E-state index contributed by atoms with van der Waals surface area (Å²) in [5, 5.41) is 0. The number of hydrogen-bond acceptors (Lipinski definition) is 3. The molecule has 1 aromatic carbocycles. The maximum atomic E-state index is 11.8. The highest BCUT2D eigenvalue weighted by molar-refractivity contribution is 5.92. The lowest BCUT2D eigenvalue weighted by molar-refractivity contribution is 0.0594. The fourth-order valence-corrected chi connectivity index (χ4v) is 1.62. The van der Waals surface area contributed by atoms with Gasteiger partial charge in [0.25, 0.3) is 0 Å². The third kappa shape index (κ3) is 3.49. The molecule has 0 unspecified atom stereocenters. The van der Waals surface area contributed by atoms with Gasteiger partial charge in [-0.15, -0.1) is 0 Å². The molecule has 0 saturated heterocycles. The fourth-order valence-electron chi connectivity index (χ4n) is 1.62. The molecule has 0 atom stereocenters. The Bertz CT molecular complexity index is 428. The van der Waals surface area contributed by atoms with E-state index in [1.807, 2.05) is 32.0 Å². The van der Waals surface area contributed by atoms with Crippen LogP contribution in [0, 0.1) is 0 Å². The van der Waals surface area contributed by atoms with Crippen LogP contribution in [0.3, 0.4) is 0 Å². The summed E-state index contributed by atoms with van der Waals surface area (Å²) in [7, 11) is 1.38. The minimum Gasteiger partial charge on any atom is -0.490 e. The number of methoxy groups -OCH3 is 1. The second kappa shape index (κ2) is 5.42. The molecular formula is C15H22O3. The van der Waals surface area contributed by atoms with Crippen LogP contribution in [-0.2, 0) is 10.2 Å². The molecule has 0 N–H and O–H groups in total. The first-order valence-corrected chi connectivity index (χ1v) is 6.15. The first kappa shape index (κ1) is 14.6. The number of esters is 1. The van der Waals surface area contributed by atoms with E-state index in [9.17, 15) is 4.79 Å². The van der Waals surface area contributed by atoms with Crippen molar-refractivity contribution in [3.8, 4) is 5.75 Å². The third-order valence-electron chi connectivity index (χ3n) is 2.61. The number of ether oxygens (including phenoxy) is 2. The molecule has 0 aliphatic heterocycles. The van der Waals surface area contributed by atoms with Crippen molar-refractivity contribution in [3.05, 3.63) is 29.3 Å². The van der Waals surface area contributed by atoms with Gasteiger partial charge in [-0.2, -0.15) is 0 Å². The van der Waals surface area contributed by atoms with E-state index >= 15 is 0 Å². The van der Waals surface area contributed by atoms with Crippen LogP contribution in [0.5, 0.6) is 5.75 Å². The predicted octanol–water partition coefficient (Wildman–Crippen LogP) is 3.56. The van der Waals surface area contributed by atoms with E-state index in [1.54, 1.807) is 0 Å². The van der Waals surface area contributed by atoms with Crippen molar-refractivity contribution < 1.29 is 14.3 Å². The molecule has 18 heavy (non-hydrogen) atoms. The summed E-state index contributed by atoms with van der Waals surface area (Å²) >= 11 is 0. The Morgan fingerprint density at radius 1 is 1.22 bits per heavy atom. The van der Waals surface area contributed by atoms with E-state index in [4.69, 9.17) is 9.47 Å². The highest BCUT2D eigenvalue weighted by atomic mass is 16.5. The Balaban J connectivity index is 3.25. The van der Waals surface area contributed by atoms with Gasteiger partial charge in [-0.1, -0.05) is 26.8 Å². The van der Waals surface area contributed by atoms with Crippen LogP contribution in [0.2, 0.25) is 0 Å². The van der Waals surface area contributed by atoms with E-state index in [2.05, 4.69) is 20.8 Å². The van der Waals surface area contributed by atoms with Gasteiger partial charge in [0.15, 0.2) is 0 Å². The number of carbonyl (C=O) groups excluding carboxylic acids is 1. The molecule has 3 heteroatoms. The molecule has 1 rings (SSSR count). The molecule has 0 fully saturated rings. The fraction of sp³-hybridized carbons (Fsp3) is 0.533. The van der Waals surface area contributed by atoms with Gasteiger partial charge in [-0.3, -0.25) is 0 Å². The van der Waals surface area contributed by atoms with E-state index in [1.165, 1.54) is 7.11 Å². The van der Waals surface area contributed by atoms with Crippen LogP contribution in [0.25, 0.3) is 0 Å². The standard InChI is InChI=1S/C15H22O3/c1-10(2)18-13-8-7-11(15(3,4)5)9-12(13)14(16)17-6/h7-10H,1-6H3. The molecule has 0 bridgehead atoms. The minimum absolute atomic E-state index is 0.0147. The van der Waals surface area contributed by atoms with Crippen molar-refractivity contribution >= 4 is 5.97 Å². The third-order valence-corrected chi connectivity index (χ3v) is 2.61. The molecule has 0 spiro atoms. The highest BCUT2D eigenvalue weighted by Gasteiger charge is 2.20. The Morgan fingerprint density at radius 3 is 2.28 bits per heavy atom. The Kier molecular flexibility index (Phi) is 4.38. The van der Waals surface area contributed by atoms with Crippen LogP contribution >= 0.6 is 0 Å². The van der Waals surface area contributed by atoms with Gasteiger partial charge in [-0.25, -0.2) is 4.79 Å². The smallest absolute Gasteiger partial charge is 0.341 e. The van der Waals surface area contributed by atoms with Crippen LogP contribution in [0.1, 0.15) is 50.5 Å². The van der Waals surface area contributed by atoms with Crippen molar-refractivity contribution in [1.82, 2.24) is 0 Å². The largest absolute Gasteiger partial charge is 0.490 e. The molecule has 0 aromatic heterocycles. The molecule has 0 aliphatic rings. The van der Waals surface area contributed by atoms with Gasteiger partial charge in [-0.05, 0) is 37.0 Å². The van der Waals surface area contributed by atoms with Gasteiger partial charge < -0.3 is 9.47 Å². The van der Waals surface area contributed by atoms with Crippen molar-refractivity contribution in [1.29, 1.82) is 0 Å². The van der Waals surface area contributed by atoms with E-state index in [0.717, 1.165) is 5.56 Å². The van der Waals surface area contributed by atoms with Crippen molar-refractivity contribution in [2.45, 2.75) is 46.1 Å². The molecule has 100 valence electrons. The molecule has 0 saturated carbocycles. The number of rotatable bonds is 3. The van der Waals surface area contributed by atoms with Crippen LogP contribution < -0.4 is 4.74 Å². The predicted molar refractivity (Wildman–Crippen MR) is 72.2 cm³/mol. The summed E-state index contributed by atoms with van der Waals surface area (Å²) in [4.78, 5) is 11.8. The SMILES string of the molecule is COC(=O)c1cc(C(C)(C)C)ccc1OC(C)C. The molecular weight excluding hydrogens is 228 g/mol. The molecule has 0 heterocycles. The summed E-state index contributed by atoms with van der Waals surface area (Å²) < 4.78 is 10.4. The van der Waals surface area contributed by atoms with Gasteiger partial charge in [0.1, 0.15) is 11.3 Å². The van der Waals surface area contributed by atoms with E-state index in [0.29, 0.717) is 11.3 Å². The van der Waals surface area contributed by atoms with Gasteiger partial charge in [0, 0.05) is 0 Å². The Morgan fingerprint density at radius 2 is 1.83 bits per heavy atom. The van der Waals surface area contributed by atoms with E-state index in [-0.39, 0.29) is 17.5 Å². The lowest BCUT2D eigenvalue weighted by Gasteiger charge is -2.21. The van der Waals surface area contributed by atoms with Gasteiger partial charge in [0.05, 0.1) is 13.2 Å². The zero-order chi connectivity index (χ0) is 13.9. The molecule has 0 amide bonds. The normalized spacial score (nSPS) is 11.5. The van der Waals surface area contributed by atoms with Crippen LogP contribution in [-0.4, -0.2) is 19.2 Å². The topological polar surface area (TPSA) is 35.5 Å². The van der Waals surface area contributed by atoms with Crippen LogP contribution in [0.4, 0.5) is 0 Å². The molecule has 0 aliphatic carbocycles. The number of benzene rings is 1. The minimum atomic E-state index is -0.364. The van der Waals surface area contributed by atoms with E-state index < -0.39 is 0 Å². The summed E-state index contributed by atoms with van der Waals surface area (Å²) in [6.07, 6.45) is 0.0221. The van der Waals surface area contributed by atoms with Crippen molar-refractivity contribution in [2.24, 2.45) is 0 Å². The number of hydrogen-bond donors (Lipinski definition) is 0. The highest BCUT2D eigenvalue weighted by Crippen LogP contribution is 2.29. The quantitative estimate of drug-likeness (QED) is 0.769. The molecule has 1 aromatic rings. The zero-order valence-corrected chi connectivity index (χ0v) is 12.0. The average Bonchev–Trinajstić information content (AvgIpc) is 2.26. The van der Waals surface area contributed by atoms with Crippen LogP contribution in [0.15, 0.2) is 18.2 Å². The molecule has 0 radical (unpaired) electrons. The first-order valence-electron chi connectivity index (χ1n) is 6.15. The second-order valence-corrected chi connectivity index (χ2v) is 5.62. The second-order valence-electron chi connectivity index (χ2n) is 5.62. The maximum Gasteiger partial charge on any atom is 0.341 e. The monoisotopic (exact) mass is 250 g/mol. The van der Waals surface area contributed by atoms with Gasteiger partial charge >= 0.3 is 5.97 Å². The van der Waals surface area contributed by atoms with Crippen molar-refractivity contribution in [3.63, 3.8) is 0 Å². The first-order chi connectivity index (χ1) is 8.25. The average molecular weight is 250 g/mol. The number of carbonyl (C=O) groups is 1. The van der Waals surface area contributed by atoms with Crippen molar-refractivity contribution in [2.75, 3.05) is 7.11 Å². The Labute approximate surface area is 109 Å². The summed E-state index contributed by atoms with van der Waals surface area (Å²) in [5.74, 6) is 0.210. The lowest BCUT2D eigenvalue weighted by Crippen LogP contribution is -2.15.